The third-order valence-electron chi connectivity index (χ3n) is 3.12. The summed E-state index contributed by atoms with van der Waals surface area (Å²) in [5.41, 5.74) is 7.74. The zero-order chi connectivity index (χ0) is 15.5. The Balaban J connectivity index is 2.04. The molecule has 0 aliphatic carbocycles. The second-order valence-corrected chi connectivity index (χ2v) is 6.61. The van der Waals surface area contributed by atoms with E-state index in [0.717, 1.165) is 5.56 Å². The first-order valence-electron chi connectivity index (χ1n) is 6.48. The molecule has 0 bridgehead atoms. The van der Waals surface area contributed by atoms with E-state index in [2.05, 4.69) is 4.72 Å². The smallest absolute Gasteiger partial charge is 0.240 e. The Morgan fingerprint density at radius 1 is 1.10 bits per heavy atom. The Kier molecular flexibility index (Phi) is 4.62. The molecule has 0 radical (unpaired) electrons. The third-order valence-corrected chi connectivity index (χ3v) is 4.56. The van der Waals surface area contributed by atoms with E-state index in [-0.39, 0.29) is 11.4 Å². The molecule has 0 spiro atoms. The van der Waals surface area contributed by atoms with Crippen molar-refractivity contribution >= 4 is 15.7 Å². The van der Waals surface area contributed by atoms with Gasteiger partial charge in [-0.2, -0.15) is 0 Å². The molecule has 0 aliphatic heterocycles. The van der Waals surface area contributed by atoms with Gasteiger partial charge in [0.2, 0.25) is 10.0 Å². The second kappa shape index (κ2) is 6.26. The number of nitrogens with two attached hydrogens (primary N) is 1. The van der Waals surface area contributed by atoms with Gasteiger partial charge in [0, 0.05) is 12.2 Å². The summed E-state index contributed by atoms with van der Waals surface area (Å²) < 4.78 is 26.6. The van der Waals surface area contributed by atoms with E-state index in [1.54, 1.807) is 36.4 Å². The largest absolute Gasteiger partial charge is 0.399 e. The summed E-state index contributed by atoms with van der Waals surface area (Å²) in [5, 5.41) is 10.00. The molecule has 0 aliphatic rings. The minimum absolute atomic E-state index is 0.0971. The normalized spacial score (nSPS) is 13.0. The van der Waals surface area contributed by atoms with Crippen molar-refractivity contribution in [2.45, 2.75) is 17.9 Å². The monoisotopic (exact) mass is 306 g/mol. The maximum absolute atomic E-state index is 12.1. The highest BCUT2D eigenvalue weighted by Gasteiger charge is 2.16. The van der Waals surface area contributed by atoms with Crippen LogP contribution in [0.3, 0.4) is 0 Å². The number of aryl methyl sites for hydroxylation is 1. The summed E-state index contributed by atoms with van der Waals surface area (Å²) in [6.45, 7) is 1.79. The summed E-state index contributed by atoms with van der Waals surface area (Å²) >= 11 is 0. The molecule has 0 aromatic heterocycles. The third kappa shape index (κ3) is 4.04. The van der Waals surface area contributed by atoms with Crippen molar-refractivity contribution < 1.29 is 13.5 Å². The van der Waals surface area contributed by atoms with Crippen LogP contribution < -0.4 is 10.5 Å². The molecule has 0 saturated heterocycles. The quantitative estimate of drug-likeness (QED) is 0.731. The summed E-state index contributed by atoms with van der Waals surface area (Å²) in [7, 11) is -3.62. The van der Waals surface area contributed by atoms with Gasteiger partial charge in [0.05, 0.1) is 11.0 Å². The molecule has 112 valence electrons. The van der Waals surface area contributed by atoms with E-state index in [0.29, 0.717) is 11.3 Å². The van der Waals surface area contributed by atoms with Crippen molar-refractivity contribution in [1.82, 2.24) is 4.72 Å². The molecule has 5 nitrogen and oxygen atoms in total. The standard InChI is InChI=1S/C15H18N2O3S/c1-11-2-8-14(9-3-11)21(19,20)17-10-15(18)12-4-6-13(16)7-5-12/h2-9,15,17-18H,10,16H2,1H3. The number of hydrogen-bond acceptors (Lipinski definition) is 4. The molecule has 1 atom stereocenters. The van der Waals surface area contributed by atoms with Crippen LogP contribution in [0.15, 0.2) is 53.4 Å². The molecule has 2 aromatic rings. The Hall–Kier alpha value is -1.89. The molecule has 4 N–H and O–H groups in total. The lowest BCUT2D eigenvalue weighted by molar-refractivity contribution is 0.182. The molecule has 2 aromatic carbocycles. The lowest BCUT2D eigenvalue weighted by Gasteiger charge is -2.13. The van der Waals surface area contributed by atoms with E-state index < -0.39 is 16.1 Å². The van der Waals surface area contributed by atoms with Crippen LogP contribution >= 0.6 is 0 Å². The number of anilines is 1. The minimum atomic E-state index is -3.62. The molecule has 0 heterocycles. The maximum atomic E-state index is 12.1. The Labute approximate surface area is 124 Å². The highest BCUT2D eigenvalue weighted by atomic mass is 32.2. The number of aliphatic hydroxyl groups is 1. The molecule has 21 heavy (non-hydrogen) atoms. The predicted octanol–water partition coefficient (Wildman–Crippen LogP) is 1.59. The number of benzene rings is 2. The number of aliphatic hydroxyl groups excluding tert-OH is 1. The zero-order valence-corrected chi connectivity index (χ0v) is 12.5. The highest BCUT2D eigenvalue weighted by molar-refractivity contribution is 7.89. The molecule has 0 fully saturated rings. The lowest BCUT2D eigenvalue weighted by atomic mass is 10.1. The SMILES string of the molecule is Cc1ccc(S(=O)(=O)NCC(O)c2ccc(N)cc2)cc1. The van der Waals surface area contributed by atoms with E-state index >= 15 is 0 Å². The van der Waals surface area contributed by atoms with Crippen LogP contribution in [-0.4, -0.2) is 20.1 Å². The molecule has 0 amide bonds. The van der Waals surface area contributed by atoms with Gasteiger partial charge in [-0.1, -0.05) is 29.8 Å². The molecule has 6 heteroatoms. The van der Waals surface area contributed by atoms with Crippen molar-refractivity contribution in [2.24, 2.45) is 0 Å². The average Bonchev–Trinajstić information content (AvgIpc) is 2.46. The molecule has 0 saturated carbocycles. The van der Waals surface area contributed by atoms with Gasteiger partial charge >= 0.3 is 0 Å². The van der Waals surface area contributed by atoms with Gasteiger partial charge in [-0.05, 0) is 36.8 Å². The number of rotatable bonds is 5. The fourth-order valence-electron chi connectivity index (χ4n) is 1.83. The maximum Gasteiger partial charge on any atom is 0.240 e. The molecular formula is C15H18N2O3S. The summed E-state index contributed by atoms with van der Waals surface area (Å²) in [4.78, 5) is 0.178. The van der Waals surface area contributed by atoms with Crippen LogP contribution in [0.1, 0.15) is 17.2 Å². The number of nitrogen functional groups attached to an aromatic ring is 1. The van der Waals surface area contributed by atoms with Gasteiger partial charge in [-0.15, -0.1) is 0 Å². The van der Waals surface area contributed by atoms with Crippen molar-refractivity contribution in [3.63, 3.8) is 0 Å². The molecule has 2 rings (SSSR count). The summed E-state index contributed by atoms with van der Waals surface area (Å²) in [6, 6.07) is 13.2. The van der Waals surface area contributed by atoms with E-state index in [1.807, 2.05) is 6.92 Å². The number of nitrogens with one attached hydrogen (secondary N) is 1. The van der Waals surface area contributed by atoms with E-state index in [1.165, 1.54) is 12.1 Å². The van der Waals surface area contributed by atoms with Gasteiger partial charge < -0.3 is 10.8 Å². The Bertz CT molecular complexity index is 695. The fourth-order valence-corrected chi connectivity index (χ4v) is 2.86. The van der Waals surface area contributed by atoms with Crippen LogP contribution in [0.2, 0.25) is 0 Å². The van der Waals surface area contributed by atoms with Gasteiger partial charge in [0.15, 0.2) is 0 Å². The van der Waals surface area contributed by atoms with Crippen LogP contribution in [-0.2, 0) is 10.0 Å². The van der Waals surface area contributed by atoms with Crippen molar-refractivity contribution in [1.29, 1.82) is 0 Å². The van der Waals surface area contributed by atoms with Crippen molar-refractivity contribution in [3.05, 3.63) is 59.7 Å². The summed E-state index contributed by atoms with van der Waals surface area (Å²) in [6.07, 6.45) is -0.925. The number of hydrogen-bond donors (Lipinski definition) is 3. The minimum Gasteiger partial charge on any atom is -0.399 e. The Morgan fingerprint density at radius 2 is 1.67 bits per heavy atom. The first-order valence-corrected chi connectivity index (χ1v) is 7.96. The van der Waals surface area contributed by atoms with Crippen LogP contribution in [0.5, 0.6) is 0 Å². The predicted molar refractivity (Wildman–Crippen MR) is 82.2 cm³/mol. The zero-order valence-electron chi connectivity index (χ0n) is 11.7. The molecular weight excluding hydrogens is 288 g/mol. The first-order chi connectivity index (χ1) is 9.88. The fraction of sp³-hybridized carbons (Fsp3) is 0.200. The first kappa shape index (κ1) is 15.5. The molecule has 1 unspecified atom stereocenters. The second-order valence-electron chi connectivity index (χ2n) is 4.85. The van der Waals surface area contributed by atoms with Crippen LogP contribution in [0, 0.1) is 6.92 Å². The van der Waals surface area contributed by atoms with Crippen LogP contribution in [0.4, 0.5) is 5.69 Å². The van der Waals surface area contributed by atoms with Gasteiger partial charge in [-0.3, -0.25) is 0 Å². The Morgan fingerprint density at radius 3 is 2.24 bits per heavy atom. The highest BCUT2D eigenvalue weighted by Crippen LogP contribution is 2.15. The average molecular weight is 306 g/mol. The lowest BCUT2D eigenvalue weighted by Crippen LogP contribution is -2.28. The topological polar surface area (TPSA) is 92.4 Å². The van der Waals surface area contributed by atoms with Crippen molar-refractivity contribution in [3.8, 4) is 0 Å². The summed E-state index contributed by atoms with van der Waals surface area (Å²) in [5.74, 6) is 0. The number of sulfonamides is 1. The van der Waals surface area contributed by atoms with E-state index in [4.69, 9.17) is 5.73 Å². The van der Waals surface area contributed by atoms with Gasteiger partial charge in [0.1, 0.15) is 0 Å². The van der Waals surface area contributed by atoms with Gasteiger partial charge in [-0.25, -0.2) is 13.1 Å². The van der Waals surface area contributed by atoms with Crippen molar-refractivity contribution in [2.75, 3.05) is 12.3 Å². The van der Waals surface area contributed by atoms with Crippen LogP contribution in [0.25, 0.3) is 0 Å². The van der Waals surface area contributed by atoms with Gasteiger partial charge in [0.25, 0.3) is 0 Å². The van der Waals surface area contributed by atoms with E-state index in [9.17, 15) is 13.5 Å².